The maximum atomic E-state index is 4.76. The quantitative estimate of drug-likeness (QED) is 0.848. The third-order valence-electron chi connectivity index (χ3n) is 3.31. The van der Waals surface area contributed by atoms with Crippen molar-refractivity contribution in [3.8, 4) is 0 Å². The Balaban J connectivity index is 2.27. The van der Waals surface area contributed by atoms with Gasteiger partial charge in [0.05, 0.1) is 5.69 Å². The van der Waals surface area contributed by atoms with E-state index in [1.807, 2.05) is 0 Å². The van der Waals surface area contributed by atoms with E-state index in [1.54, 1.807) is 0 Å². The number of unbranched alkanes of at least 4 members (excludes halogenated alkanes) is 1. The number of rotatable bonds is 5. The van der Waals surface area contributed by atoms with E-state index in [9.17, 15) is 0 Å². The largest absolute Gasteiger partial charge is 0.312 e. The van der Waals surface area contributed by atoms with Gasteiger partial charge in [-0.1, -0.05) is 26.7 Å². The lowest BCUT2D eigenvalue weighted by atomic mass is 10.0. The van der Waals surface area contributed by atoms with Crippen LogP contribution >= 0.6 is 0 Å². The van der Waals surface area contributed by atoms with Gasteiger partial charge in [0, 0.05) is 37.2 Å². The van der Waals surface area contributed by atoms with Crippen LogP contribution in [0, 0.1) is 0 Å². The molecule has 0 aromatic carbocycles. The van der Waals surface area contributed by atoms with E-state index in [-0.39, 0.29) is 0 Å². The Bertz CT molecular complexity index is 374. The van der Waals surface area contributed by atoms with Gasteiger partial charge in [0.25, 0.3) is 0 Å². The zero-order valence-electron chi connectivity index (χ0n) is 11.1. The molecule has 1 aliphatic rings. The van der Waals surface area contributed by atoms with E-state index in [1.165, 1.54) is 29.8 Å². The maximum absolute atomic E-state index is 4.76. The van der Waals surface area contributed by atoms with Crippen molar-refractivity contribution in [2.45, 2.75) is 58.9 Å². The second kappa shape index (κ2) is 6.10. The van der Waals surface area contributed by atoms with Gasteiger partial charge in [-0.25, -0.2) is 9.97 Å². The lowest BCUT2D eigenvalue weighted by Crippen LogP contribution is -2.27. The number of aryl methyl sites for hydroxylation is 2. The van der Waals surface area contributed by atoms with Crippen molar-refractivity contribution in [2.75, 3.05) is 6.54 Å². The van der Waals surface area contributed by atoms with Crippen LogP contribution in [-0.4, -0.2) is 16.5 Å². The summed E-state index contributed by atoms with van der Waals surface area (Å²) < 4.78 is 0. The van der Waals surface area contributed by atoms with Crippen molar-refractivity contribution >= 4 is 0 Å². The summed E-state index contributed by atoms with van der Waals surface area (Å²) in [5.41, 5.74) is 3.96. The van der Waals surface area contributed by atoms with E-state index in [0.717, 1.165) is 44.6 Å². The Hall–Kier alpha value is -0.960. The Morgan fingerprint density at radius 1 is 1.12 bits per heavy atom. The minimum atomic E-state index is 0.957. The predicted octanol–water partition coefficient (Wildman–Crippen LogP) is 2.42. The molecule has 0 radical (unpaired) electrons. The van der Waals surface area contributed by atoms with E-state index >= 15 is 0 Å². The molecule has 0 saturated carbocycles. The van der Waals surface area contributed by atoms with Gasteiger partial charge in [0.1, 0.15) is 5.82 Å². The predicted molar refractivity (Wildman–Crippen MR) is 70.0 cm³/mol. The van der Waals surface area contributed by atoms with Crippen molar-refractivity contribution < 1.29 is 0 Å². The SMILES string of the molecule is CCCCc1nc(CCC)c2c(n1)CCNC2. The van der Waals surface area contributed by atoms with Crippen molar-refractivity contribution in [3.63, 3.8) is 0 Å². The highest BCUT2D eigenvalue weighted by atomic mass is 14.9. The van der Waals surface area contributed by atoms with Gasteiger partial charge in [-0.05, 0) is 12.8 Å². The van der Waals surface area contributed by atoms with Gasteiger partial charge in [0.2, 0.25) is 0 Å². The van der Waals surface area contributed by atoms with Gasteiger partial charge in [-0.3, -0.25) is 0 Å². The molecule has 1 aliphatic heterocycles. The van der Waals surface area contributed by atoms with Gasteiger partial charge in [-0.2, -0.15) is 0 Å². The zero-order chi connectivity index (χ0) is 12.1. The molecular formula is C14H23N3. The first-order valence-corrected chi connectivity index (χ1v) is 6.93. The molecule has 0 fully saturated rings. The average molecular weight is 233 g/mol. The fraction of sp³-hybridized carbons (Fsp3) is 0.714. The molecule has 17 heavy (non-hydrogen) atoms. The summed E-state index contributed by atoms with van der Waals surface area (Å²) in [5.74, 6) is 1.07. The first kappa shape index (κ1) is 12.5. The average Bonchev–Trinajstić information content (AvgIpc) is 2.37. The third kappa shape index (κ3) is 3.03. The molecule has 2 rings (SSSR count). The van der Waals surface area contributed by atoms with Gasteiger partial charge >= 0.3 is 0 Å². The molecule has 1 N–H and O–H groups in total. The summed E-state index contributed by atoms with van der Waals surface area (Å²) in [7, 11) is 0. The zero-order valence-corrected chi connectivity index (χ0v) is 11.1. The van der Waals surface area contributed by atoms with Crippen molar-refractivity contribution in [1.82, 2.24) is 15.3 Å². The monoisotopic (exact) mass is 233 g/mol. The fourth-order valence-electron chi connectivity index (χ4n) is 2.36. The second-order valence-corrected chi connectivity index (χ2v) is 4.79. The minimum Gasteiger partial charge on any atom is -0.312 e. The van der Waals surface area contributed by atoms with Gasteiger partial charge in [-0.15, -0.1) is 0 Å². The summed E-state index contributed by atoms with van der Waals surface area (Å²) in [5, 5.41) is 3.42. The molecule has 0 atom stereocenters. The molecule has 1 aromatic heterocycles. The fourth-order valence-corrected chi connectivity index (χ4v) is 2.36. The van der Waals surface area contributed by atoms with Crippen LogP contribution in [0.2, 0.25) is 0 Å². The molecule has 94 valence electrons. The van der Waals surface area contributed by atoms with Crippen LogP contribution in [0.4, 0.5) is 0 Å². The lowest BCUT2D eigenvalue weighted by molar-refractivity contribution is 0.603. The summed E-state index contributed by atoms with van der Waals surface area (Å²) in [6.45, 7) is 6.45. The summed E-state index contributed by atoms with van der Waals surface area (Å²) in [4.78, 5) is 9.50. The van der Waals surface area contributed by atoms with Crippen LogP contribution in [0.5, 0.6) is 0 Å². The van der Waals surface area contributed by atoms with E-state index in [4.69, 9.17) is 9.97 Å². The van der Waals surface area contributed by atoms with Crippen molar-refractivity contribution in [1.29, 1.82) is 0 Å². The van der Waals surface area contributed by atoms with Crippen LogP contribution in [0.3, 0.4) is 0 Å². The molecule has 3 nitrogen and oxygen atoms in total. The highest BCUT2D eigenvalue weighted by Crippen LogP contribution is 2.17. The number of fused-ring (bicyclic) bond motifs is 1. The summed E-state index contributed by atoms with van der Waals surface area (Å²) >= 11 is 0. The Kier molecular flexibility index (Phi) is 4.49. The van der Waals surface area contributed by atoms with Crippen LogP contribution in [0.15, 0.2) is 0 Å². The van der Waals surface area contributed by atoms with E-state index < -0.39 is 0 Å². The van der Waals surface area contributed by atoms with Crippen molar-refractivity contribution in [2.24, 2.45) is 0 Å². The smallest absolute Gasteiger partial charge is 0.128 e. The van der Waals surface area contributed by atoms with Crippen molar-refractivity contribution in [3.05, 3.63) is 22.8 Å². The summed E-state index contributed by atoms with van der Waals surface area (Å²) in [6, 6.07) is 0. The molecule has 2 heterocycles. The molecule has 0 amide bonds. The third-order valence-corrected chi connectivity index (χ3v) is 3.31. The number of nitrogens with zero attached hydrogens (tertiary/aromatic N) is 2. The van der Waals surface area contributed by atoms with E-state index in [0.29, 0.717) is 0 Å². The molecule has 0 bridgehead atoms. The summed E-state index contributed by atoms with van der Waals surface area (Å²) in [6.07, 6.45) is 6.76. The number of nitrogens with one attached hydrogen (secondary N) is 1. The maximum Gasteiger partial charge on any atom is 0.128 e. The minimum absolute atomic E-state index is 0.957. The van der Waals surface area contributed by atoms with Crippen LogP contribution in [0.25, 0.3) is 0 Å². The Labute approximate surface area is 104 Å². The molecule has 1 aromatic rings. The number of aromatic nitrogens is 2. The number of hydrogen-bond acceptors (Lipinski definition) is 3. The van der Waals surface area contributed by atoms with Gasteiger partial charge < -0.3 is 5.32 Å². The van der Waals surface area contributed by atoms with Gasteiger partial charge in [0.15, 0.2) is 0 Å². The normalized spacial score (nSPS) is 14.7. The molecule has 3 heteroatoms. The highest BCUT2D eigenvalue weighted by molar-refractivity contribution is 5.28. The highest BCUT2D eigenvalue weighted by Gasteiger charge is 2.16. The molecular weight excluding hydrogens is 210 g/mol. The molecule has 0 spiro atoms. The standard InChI is InChI=1S/C14H23N3/c1-3-5-7-14-16-12(6-4-2)11-10-15-9-8-13(11)17-14/h15H,3-10H2,1-2H3. The van der Waals surface area contributed by atoms with Crippen LogP contribution < -0.4 is 5.32 Å². The first-order valence-electron chi connectivity index (χ1n) is 6.93. The number of hydrogen-bond donors (Lipinski definition) is 1. The van der Waals surface area contributed by atoms with Crippen LogP contribution in [0.1, 0.15) is 55.9 Å². The molecule has 0 aliphatic carbocycles. The first-order chi connectivity index (χ1) is 8.35. The Morgan fingerprint density at radius 2 is 2.00 bits per heavy atom. The molecule has 0 unspecified atom stereocenters. The molecule has 0 saturated heterocycles. The van der Waals surface area contributed by atoms with E-state index in [2.05, 4.69) is 19.2 Å². The second-order valence-electron chi connectivity index (χ2n) is 4.79. The van der Waals surface area contributed by atoms with Crippen LogP contribution in [-0.2, 0) is 25.8 Å². The lowest BCUT2D eigenvalue weighted by Gasteiger charge is -2.20. The Morgan fingerprint density at radius 3 is 2.76 bits per heavy atom. The topological polar surface area (TPSA) is 37.8 Å².